The van der Waals surface area contributed by atoms with E-state index in [4.69, 9.17) is 9.98 Å². The minimum absolute atomic E-state index is 0.591. The lowest BCUT2D eigenvalue weighted by molar-refractivity contribution is 0.322. The highest BCUT2D eigenvalue weighted by atomic mass is 14.9. The monoisotopic (exact) mass is 388 g/mol. The Morgan fingerprint density at radius 1 is 1.24 bits per heavy atom. The van der Waals surface area contributed by atoms with Crippen LogP contribution in [0.15, 0.2) is 46.0 Å². The molecule has 2 aromatic rings. The van der Waals surface area contributed by atoms with Crippen LogP contribution in [0.4, 0.5) is 5.69 Å². The van der Waals surface area contributed by atoms with Crippen molar-refractivity contribution in [2.75, 3.05) is 13.1 Å². The average molecular weight is 389 g/mol. The summed E-state index contributed by atoms with van der Waals surface area (Å²) in [4.78, 5) is 14.6. The Kier molecular flexibility index (Phi) is 5.91. The van der Waals surface area contributed by atoms with Gasteiger partial charge in [0, 0.05) is 29.3 Å². The molecule has 0 bridgehead atoms. The maximum atomic E-state index is 5.17. The summed E-state index contributed by atoms with van der Waals surface area (Å²) in [6.07, 6.45) is 8.50. The number of aromatic nitrogens is 1. The van der Waals surface area contributed by atoms with Crippen LogP contribution in [-0.2, 0) is 0 Å². The van der Waals surface area contributed by atoms with Crippen molar-refractivity contribution in [3.63, 3.8) is 0 Å². The van der Waals surface area contributed by atoms with Gasteiger partial charge in [0.25, 0.3) is 0 Å². The largest absolute Gasteiger partial charge is 0.314 e. The van der Waals surface area contributed by atoms with E-state index in [1.807, 2.05) is 6.20 Å². The predicted octanol–water partition coefficient (Wildman–Crippen LogP) is 5.49. The van der Waals surface area contributed by atoms with E-state index in [2.05, 4.69) is 62.3 Å². The van der Waals surface area contributed by atoms with Crippen LogP contribution in [-0.4, -0.2) is 35.5 Å². The highest BCUT2D eigenvalue weighted by molar-refractivity contribution is 6.11. The van der Waals surface area contributed by atoms with Crippen LogP contribution >= 0.6 is 0 Å². The number of rotatable bonds is 5. The molecular formula is C25H32N4. The molecule has 0 saturated carbocycles. The number of hydrogen-bond donors (Lipinski definition) is 1. The molecule has 152 valence electrons. The first-order valence-electron chi connectivity index (χ1n) is 10.8. The van der Waals surface area contributed by atoms with E-state index in [1.54, 1.807) is 0 Å². The highest BCUT2D eigenvalue weighted by Crippen LogP contribution is 2.29. The van der Waals surface area contributed by atoms with E-state index in [1.165, 1.54) is 46.4 Å². The molecule has 0 unspecified atom stereocenters. The van der Waals surface area contributed by atoms with Crippen molar-refractivity contribution >= 4 is 28.0 Å². The molecule has 29 heavy (non-hydrogen) atoms. The summed E-state index contributed by atoms with van der Waals surface area (Å²) < 4.78 is 0. The third-order valence-electron chi connectivity index (χ3n) is 6.13. The number of hydrogen-bond acceptors (Lipinski definition) is 4. The summed E-state index contributed by atoms with van der Waals surface area (Å²) in [7, 11) is 0. The van der Waals surface area contributed by atoms with Crippen molar-refractivity contribution in [2.45, 2.75) is 59.4 Å². The molecule has 2 atom stereocenters. The van der Waals surface area contributed by atoms with E-state index in [-0.39, 0.29) is 0 Å². The number of fused-ring (bicyclic) bond motifs is 1. The second-order valence-electron chi connectivity index (χ2n) is 8.89. The molecule has 1 saturated heterocycles. The summed E-state index contributed by atoms with van der Waals surface area (Å²) in [6.45, 7) is 10.7. The maximum Gasteiger partial charge on any atom is 0.0847 e. The van der Waals surface area contributed by atoms with Crippen LogP contribution in [0.1, 0.15) is 50.7 Å². The van der Waals surface area contributed by atoms with Crippen molar-refractivity contribution in [3.8, 4) is 0 Å². The summed E-state index contributed by atoms with van der Waals surface area (Å²) in [5, 5.41) is 4.77. The zero-order valence-corrected chi connectivity index (χ0v) is 18.1. The summed E-state index contributed by atoms with van der Waals surface area (Å²) in [5.74, 6) is 0.688. The lowest BCUT2D eigenvalue weighted by Gasteiger charge is -2.28. The van der Waals surface area contributed by atoms with E-state index >= 15 is 0 Å². The van der Waals surface area contributed by atoms with E-state index < -0.39 is 0 Å². The lowest BCUT2D eigenvalue weighted by atomic mass is 9.87. The van der Waals surface area contributed by atoms with Gasteiger partial charge in [0.15, 0.2) is 0 Å². The Balaban J connectivity index is 1.66. The minimum atomic E-state index is 0.591. The van der Waals surface area contributed by atoms with Gasteiger partial charge in [-0.1, -0.05) is 17.2 Å². The van der Waals surface area contributed by atoms with E-state index in [9.17, 15) is 0 Å². The molecule has 1 N–H and O–H groups in total. The highest BCUT2D eigenvalue weighted by Gasteiger charge is 2.21. The van der Waals surface area contributed by atoms with Gasteiger partial charge in [0.05, 0.1) is 23.9 Å². The summed E-state index contributed by atoms with van der Waals surface area (Å²) in [6, 6.07) is 7.03. The predicted molar refractivity (Wildman–Crippen MR) is 124 cm³/mol. The number of benzene rings is 1. The third-order valence-corrected chi connectivity index (χ3v) is 6.13. The smallest absolute Gasteiger partial charge is 0.0847 e. The number of allylic oxidation sites excluding steroid dienone is 1. The Morgan fingerprint density at radius 3 is 2.86 bits per heavy atom. The quantitative estimate of drug-likeness (QED) is 0.688. The molecule has 1 aromatic heterocycles. The zero-order chi connectivity index (χ0) is 20.4. The van der Waals surface area contributed by atoms with Crippen molar-refractivity contribution in [1.82, 2.24) is 10.3 Å². The molecular weight excluding hydrogens is 356 g/mol. The van der Waals surface area contributed by atoms with E-state index in [0.717, 1.165) is 37.1 Å². The van der Waals surface area contributed by atoms with Gasteiger partial charge in [-0.15, -0.1) is 0 Å². The van der Waals surface area contributed by atoms with Crippen LogP contribution in [0.3, 0.4) is 0 Å². The topological polar surface area (TPSA) is 49.6 Å². The molecule has 0 amide bonds. The first kappa shape index (κ1) is 20.0. The normalized spacial score (nSPS) is 22.7. The fraction of sp³-hybridized carbons (Fsp3) is 0.480. The van der Waals surface area contributed by atoms with Gasteiger partial charge in [-0.2, -0.15) is 0 Å². The Bertz CT molecular complexity index is 999. The van der Waals surface area contributed by atoms with Crippen LogP contribution in [0.5, 0.6) is 0 Å². The molecule has 4 nitrogen and oxygen atoms in total. The maximum absolute atomic E-state index is 5.17. The number of piperidine rings is 1. The fourth-order valence-corrected chi connectivity index (χ4v) is 4.54. The first-order chi connectivity index (χ1) is 14.0. The van der Waals surface area contributed by atoms with Gasteiger partial charge in [-0.3, -0.25) is 15.0 Å². The van der Waals surface area contributed by atoms with Crippen LogP contribution < -0.4 is 5.32 Å². The fourth-order valence-electron chi connectivity index (χ4n) is 4.54. The molecule has 2 aliphatic heterocycles. The standard InChI is InChI=1S/C25H32N4/c1-16-5-6-24-23(10-16)19(4)25(15-28-24)29-22(13-21-9-17(2)14-27-21)12-20-7-8-26-18(3)11-20/h5-6,9-10,15,18,20,26H,7-8,11-14H2,1-4H3/b29-22+/t18-,20-/m1/s1. The first-order valence-corrected chi connectivity index (χ1v) is 10.8. The Morgan fingerprint density at radius 2 is 2.10 bits per heavy atom. The number of aryl methyl sites for hydroxylation is 2. The number of nitrogens with zero attached hydrogens (tertiary/aromatic N) is 3. The molecule has 4 rings (SSSR count). The zero-order valence-electron chi connectivity index (χ0n) is 18.1. The molecule has 4 heteroatoms. The van der Waals surface area contributed by atoms with Crippen LogP contribution in [0.2, 0.25) is 0 Å². The molecule has 0 spiro atoms. The van der Waals surface area contributed by atoms with Crippen molar-refractivity contribution in [1.29, 1.82) is 0 Å². The van der Waals surface area contributed by atoms with Crippen LogP contribution in [0.25, 0.3) is 10.9 Å². The second kappa shape index (κ2) is 8.58. The number of nitrogens with one attached hydrogen (secondary N) is 1. The molecule has 0 aliphatic carbocycles. The third kappa shape index (κ3) is 4.81. The van der Waals surface area contributed by atoms with Gasteiger partial charge in [0.1, 0.15) is 0 Å². The molecule has 2 aliphatic rings. The minimum Gasteiger partial charge on any atom is -0.314 e. The van der Waals surface area contributed by atoms with Crippen molar-refractivity contribution < 1.29 is 0 Å². The molecule has 1 fully saturated rings. The number of pyridine rings is 1. The van der Waals surface area contributed by atoms with Gasteiger partial charge < -0.3 is 5.32 Å². The SMILES string of the molecule is CC1=CC(C/C(C[C@@H]2CCN[C@H](C)C2)=N/c2cnc3ccc(C)cc3c2C)=NC1. The van der Waals surface area contributed by atoms with Gasteiger partial charge in [-0.25, -0.2) is 0 Å². The van der Waals surface area contributed by atoms with Crippen molar-refractivity contribution in [3.05, 3.63) is 47.2 Å². The van der Waals surface area contributed by atoms with Gasteiger partial charge in [0.2, 0.25) is 0 Å². The second-order valence-corrected chi connectivity index (χ2v) is 8.89. The Labute approximate surface area is 174 Å². The van der Waals surface area contributed by atoms with E-state index in [0.29, 0.717) is 12.0 Å². The number of aliphatic imine (C=N–C) groups is 2. The molecule has 1 aromatic carbocycles. The van der Waals surface area contributed by atoms with Crippen molar-refractivity contribution in [2.24, 2.45) is 15.9 Å². The van der Waals surface area contributed by atoms with Crippen LogP contribution in [0, 0.1) is 19.8 Å². The molecule has 0 radical (unpaired) electrons. The van der Waals surface area contributed by atoms with Gasteiger partial charge >= 0.3 is 0 Å². The lowest BCUT2D eigenvalue weighted by Crippen LogP contribution is -2.36. The summed E-state index contributed by atoms with van der Waals surface area (Å²) in [5.41, 5.74) is 8.27. The Hall–Kier alpha value is -2.33. The average Bonchev–Trinajstić information content (AvgIpc) is 3.09. The summed E-state index contributed by atoms with van der Waals surface area (Å²) >= 11 is 0. The molecule has 3 heterocycles. The van der Waals surface area contributed by atoms with Gasteiger partial charge in [-0.05, 0) is 83.2 Å².